The van der Waals surface area contributed by atoms with Gasteiger partial charge in [0.1, 0.15) is 19.3 Å². The molecule has 19 heteroatoms. The van der Waals surface area contributed by atoms with Crippen molar-refractivity contribution in [3.63, 3.8) is 0 Å². The molecule has 0 rings (SSSR count). The Morgan fingerprint density at radius 3 is 0.927 bits per heavy atom. The quantitative estimate of drug-likeness (QED) is 0.0222. The van der Waals surface area contributed by atoms with Gasteiger partial charge in [0.25, 0.3) is 0 Å². The van der Waals surface area contributed by atoms with Crippen LogP contribution in [0.15, 0.2) is 0 Å². The second-order valence-electron chi connectivity index (χ2n) is 23.5. The minimum atomic E-state index is -4.94. The van der Waals surface area contributed by atoms with Crippen LogP contribution in [0.4, 0.5) is 0 Å². The molecular formula is C63H122O17P2. The molecule has 0 spiro atoms. The molecule has 0 aromatic carbocycles. The topological polar surface area (TPSA) is 237 Å². The number of hydrogen-bond donors (Lipinski definition) is 3. The van der Waals surface area contributed by atoms with Crippen molar-refractivity contribution < 1.29 is 80.2 Å². The Hall–Kier alpha value is -1.94. The van der Waals surface area contributed by atoms with Gasteiger partial charge >= 0.3 is 39.5 Å². The molecule has 0 fully saturated rings. The Labute approximate surface area is 498 Å². The highest BCUT2D eigenvalue weighted by molar-refractivity contribution is 7.47. The third kappa shape index (κ3) is 55.9. The fourth-order valence-electron chi connectivity index (χ4n) is 9.32. The highest BCUT2D eigenvalue weighted by Crippen LogP contribution is 2.45. The number of carbonyl (C=O) groups is 4. The smallest absolute Gasteiger partial charge is 0.462 e. The van der Waals surface area contributed by atoms with Crippen LogP contribution in [0.1, 0.15) is 311 Å². The number of aliphatic hydroxyl groups excluding tert-OH is 1. The summed E-state index contributed by atoms with van der Waals surface area (Å²) < 4.78 is 67.9. The molecular weight excluding hydrogens is 1090 g/mol. The number of phosphoric ester groups is 2. The van der Waals surface area contributed by atoms with Crippen molar-refractivity contribution in [1.82, 2.24) is 0 Å². The van der Waals surface area contributed by atoms with Gasteiger partial charge in [0.05, 0.1) is 26.4 Å². The average Bonchev–Trinajstić information content (AvgIpc) is 3.46. The summed E-state index contributed by atoms with van der Waals surface area (Å²) in [6.45, 7) is 9.41. The van der Waals surface area contributed by atoms with Crippen molar-refractivity contribution in [2.24, 2.45) is 11.8 Å². The molecule has 3 unspecified atom stereocenters. The summed E-state index contributed by atoms with van der Waals surface area (Å²) in [6.07, 6.45) is 37.6. The zero-order chi connectivity index (χ0) is 60.8. The highest BCUT2D eigenvalue weighted by atomic mass is 31.2. The summed E-state index contributed by atoms with van der Waals surface area (Å²) in [4.78, 5) is 72.0. The molecule has 0 aromatic heterocycles. The summed E-state index contributed by atoms with van der Waals surface area (Å²) in [5, 5.41) is 10.5. The number of esters is 4. The number of carbonyl (C=O) groups excluding carboxylic acids is 4. The molecule has 0 aliphatic carbocycles. The van der Waals surface area contributed by atoms with Gasteiger partial charge in [0.15, 0.2) is 12.2 Å². The van der Waals surface area contributed by atoms with Gasteiger partial charge in [-0.2, -0.15) is 0 Å². The van der Waals surface area contributed by atoms with Crippen molar-refractivity contribution >= 4 is 39.5 Å². The van der Waals surface area contributed by atoms with Crippen LogP contribution in [0.2, 0.25) is 0 Å². The van der Waals surface area contributed by atoms with Crippen LogP contribution >= 0.6 is 15.6 Å². The number of ether oxygens (including phenoxy) is 4. The van der Waals surface area contributed by atoms with Gasteiger partial charge in [-0.25, -0.2) is 9.13 Å². The van der Waals surface area contributed by atoms with Gasteiger partial charge in [0.2, 0.25) is 0 Å². The first kappa shape index (κ1) is 80.1. The summed E-state index contributed by atoms with van der Waals surface area (Å²) in [5.74, 6) is -0.632. The minimum Gasteiger partial charge on any atom is -0.462 e. The Kier molecular flexibility index (Phi) is 54.3. The van der Waals surface area contributed by atoms with E-state index >= 15 is 0 Å². The zero-order valence-electron chi connectivity index (χ0n) is 52.8. The molecule has 0 heterocycles. The van der Waals surface area contributed by atoms with Gasteiger partial charge in [0, 0.05) is 25.7 Å². The van der Waals surface area contributed by atoms with E-state index in [1.807, 2.05) is 0 Å². The van der Waals surface area contributed by atoms with Crippen molar-refractivity contribution in [2.75, 3.05) is 39.6 Å². The monoisotopic (exact) mass is 1210 g/mol. The normalized spacial score (nSPS) is 14.7. The van der Waals surface area contributed by atoms with E-state index in [0.717, 1.165) is 121 Å². The lowest BCUT2D eigenvalue weighted by molar-refractivity contribution is -0.161. The predicted octanol–water partition coefficient (Wildman–Crippen LogP) is 17.3. The lowest BCUT2D eigenvalue weighted by atomic mass is 10.00. The third-order valence-corrected chi connectivity index (χ3v) is 16.7. The first-order valence-corrected chi connectivity index (χ1v) is 36.0. The van der Waals surface area contributed by atoms with Crippen molar-refractivity contribution in [1.29, 1.82) is 0 Å². The van der Waals surface area contributed by atoms with Crippen molar-refractivity contribution in [3.05, 3.63) is 0 Å². The highest BCUT2D eigenvalue weighted by Gasteiger charge is 2.30. The van der Waals surface area contributed by atoms with Crippen LogP contribution in [0, 0.1) is 11.8 Å². The fraction of sp³-hybridized carbons (Fsp3) is 0.937. The summed E-state index contributed by atoms with van der Waals surface area (Å²) >= 11 is 0. The SMILES string of the molecule is CCCCCCCCCCCCC(=O)O[C@H](COC(=O)CCCCCCCCC)COP(=O)(O)OC[C@H](O)COP(=O)(O)OC[C@@H](COC(=O)CCCCCCCCC(C)CC)OC(=O)CCCCCCCCCCCCCCC(C)C. The number of aliphatic hydroxyl groups is 1. The lowest BCUT2D eigenvalue weighted by Gasteiger charge is -2.21. The molecule has 0 aliphatic rings. The molecule has 17 nitrogen and oxygen atoms in total. The van der Waals surface area contributed by atoms with Gasteiger partial charge in [-0.15, -0.1) is 0 Å². The molecule has 0 bridgehead atoms. The number of rotatable bonds is 62. The first-order valence-electron chi connectivity index (χ1n) is 33.0. The Balaban J connectivity index is 5.21. The molecule has 0 amide bonds. The number of phosphoric acid groups is 2. The summed E-state index contributed by atoms with van der Waals surface area (Å²) in [7, 11) is -9.88. The van der Waals surface area contributed by atoms with Crippen molar-refractivity contribution in [2.45, 2.75) is 330 Å². The van der Waals surface area contributed by atoms with Gasteiger partial charge in [-0.1, -0.05) is 260 Å². The van der Waals surface area contributed by atoms with E-state index in [-0.39, 0.29) is 25.7 Å². The molecule has 3 N–H and O–H groups in total. The largest absolute Gasteiger partial charge is 0.472 e. The van der Waals surface area contributed by atoms with Crippen LogP contribution in [0.5, 0.6) is 0 Å². The molecule has 0 aliphatic heterocycles. The minimum absolute atomic E-state index is 0.106. The molecule has 0 saturated heterocycles. The van der Waals surface area contributed by atoms with Crippen LogP contribution in [0.3, 0.4) is 0 Å². The second kappa shape index (κ2) is 55.6. The Morgan fingerprint density at radius 2 is 0.622 bits per heavy atom. The number of unbranched alkanes of at least 4 members (excludes halogenated alkanes) is 31. The zero-order valence-corrected chi connectivity index (χ0v) is 54.6. The van der Waals surface area contributed by atoms with Crippen LogP contribution in [-0.4, -0.2) is 96.7 Å². The van der Waals surface area contributed by atoms with E-state index in [9.17, 15) is 43.2 Å². The fourth-order valence-corrected chi connectivity index (χ4v) is 10.9. The molecule has 82 heavy (non-hydrogen) atoms. The maximum Gasteiger partial charge on any atom is 0.472 e. The Bertz CT molecular complexity index is 1620. The van der Waals surface area contributed by atoms with E-state index in [0.29, 0.717) is 25.7 Å². The van der Waals surface area contributed by atoms with E-state index in [2.05, 4.69) is 41.5 Å². The molecule has 6 atom stereocenters. The molecule has 486 valence electrons. The molecule has 0 aromatic rings. The average molecular weight is 1210 g/mol. The van der Waals surface area contributed by atoms with E-state index < -0.39 is 97.5 Å². The second-order valence-corrected chi connectivity index (χ2v) is 26.4. The van der Waals surface area contributed by atoms with Crippen LogP contribution in [-0.2, 0) is 65.4 Å². The van der Waals surface area contributed by atoms with Gasteiger partial charge in [-0.05, 0) is 37.5 Å². The van der Waals surface area contributed by atoms with Gasteiger partial charge < -0.3 is 33.8 Å². The van der Waals surface area contributed by atoms with Gasteiger partial charge in [-0.3, -0.25) is 37.3 Å². The predicted molar refractivity (Wildman–Crippen MR) is 326 cm³/mol. The molecule has 0 radical (unpaired) electrons. The molecule has 0 saturated carbocycles. The summed E-state index contributed by atoms with van der Waals surface area (Å²) in [6, 6.07) is 0. The van der Waals surface area contributed by atoms with Crippen LogP contribution < -0.4 is 0 Å². The standard InChI is InChI=1S/C63H122O17P2/c1-7-10-12-14-16-17-23-27-35-41-47-62(67)79-58(51-73-60(65)45-39-33-25-15-13-11-8-2)53-77-81(69,70)75-49-57(64)50-76-82(71,72)78-54-59(52-74-61(66)46-40-34-30-29-32-38-44-56(6)9-3)80-63(68)48-42-36-28-24-21-19-18-20-22-26-31-37-43-55(4)5/h55-59,64H,7-54H2,1-6H3,(H,69,70)(H,71,72)/t56?,57-,58+,59+/m0/s1. The van der Waals surface area contributed by atoms with Crippen molar-refractivity contribution in [3.8, 4) is 0 Å². The number of hydrogen-bond acceptors (Lipinski definition) is 15. The van der Waals surface area contributed by atoms with E-state index in [1.165, 1.54) is 109 Å². The lowest BCUT2D eigenvalue weighted by Crippen LogP contribution is -2.30. The Morgan fingerprint density at radius 1 is 0.354 bits per heavy atom. The maximum atomic E-state index is 13.0. The first-order chi connectivity index (χ1) is 39.4. The third-order valence-electron chi connectivity index (χ3n) is 14.8. The van der Waals surface area contributed by atoms with Crippen LogP contribution in [0.25, 0.3) is 0 Å². The summed E-state index contributed by atoms with van der Waals surface area (Å²) in [5.41, 5.74) is 0. The van der Waals surface area contributed by atoms with E-state index in [4.69, 9.17) is 37.0 Å². The maximum absolute atomic E-state index is 13.0. The van der Waals surface area contributed by atoms with E-state index in [1.54, 1.807) is 0 Å².